The molecule has 1 fully saturated rings. The Morgan fingerprint density at radius 1 is 0.920 bits per heavy atom. The van der Waals surface area contributed by atoms with Crippen LogP contribution in [-0.2, 0) is 22.4 Å². The van der Waals surface area contributed by atoms with Gasteiger partial charge in [0.15, 0.2) is 0 Å². The molecular weight excluding hydrogens is 310 g/mol. The lowest BCUT2D eigenvalue weighted by molar-refractivity contribution is -0.137. The summed E-state index contributed by atoms with van der Waals surface area (Å²) >= 11 is 0. The SMILES string of the molecule is C=CC(=O)N1CC(Cc2ccccc2)C(=O)C(Cc2ccccc2)C1. The highest BCUT2D eigenvalue weighted by Gasteiger charge is 2.36. The number of rotatable bonds is 5. The first kappa shape index (κ1) is 17.2. The molecule has 0 aliphatic carbocycles. The number of hydrogen-bond acceptors (Lipinski definition) is 2. The van der Waals surface area contributed by atoms with Crippen LogP contribution in [0.2, 0.25) is 0 Å². The second kappa shape index (κ2) is 7.93. The highest BCUT2D eigenvalue weighted by atomic mass is 16.2. The van der Waals surface area contributed by atoms with Crippen LogP contribution in [0.25, 0.3) is 0 Å². The molecular formula is C22H23NO2. The van der Waals surface area contributed by atoms with Crippen LogP contribution in [0.1, 0.15) is 11.1 Å². The van der Waals surface area contributed by atoms with E-state index < -0.39 is 0 Å². The van der Waals surface area contributed by atoms with Gasteiger partial charge in [-0.2, -0.15) is 0 Å². The van der Waals surface area contributed by atoms with Gasteiger partial charge in [-0.05, 0) is 30.0 Å². The third-order valence-corrected chi connectivity index (χ3v) is 4.82. The molecule has 0 saturated carbocycles. The third-order valence-electron chi connectivity index (χ3n) is 4.82. The minimum atomic E-state index is -0.159. The number of amides is 1. The fraction of sp³-hybridized carbons (Fsp3) is 0.273. The minimum absolute atomic E-state index is 0.0939. The topological polar surface area (TPSA) is 37.4 Å². The molecule has 3 heteroatoms. The molecule has 2 aromatic rings. The Bertz CT molecular complexity index is 686. The van der Waals surface area contributed by atoms with Gasteiger partial charge in [0.1, 0.15) is 5.78 Å². The second-order valence-corrected chi connectivity index (χ2v) is 6.62. The second-order valence-electron chi connectivity index (χ2n) is 6.62. The van der Waals surface area contributed by atoms with Crippen LogP contribution >= 0.6 is 0 Å². The Morgan fingerprint density at radius 3 is 1.76 bits per heavy atom. The number of piperidine rings is 1. The first-order valence-corrected chi connectivity index (χ1v) is 8.70. The lowest BCUT2D eigenvalue weighted by atomic mass is 9.81. The Morgan fingerprint density at radius 2 is 1.36 bits per heavy atom. The van der Waals surface area contributed by atoms with E-state index in [0.717, 1.165) is 11.1 Å². The van der Waals surface area contributed by atoms with E-state index in [-0.39, 0.29) is 23.5 Å². The summed E-state index contributed by atoms with van der Waals surface area (Å²) < 4.78 is 0. The molecule has 1 saturated heterocycles. The predicted molar refractivity (Wildman–Crippen MR) is 99.1 cm³/mol. The first-order chi connectivity index (χ1) is 12.2. The summed E-state index contributed by atoms with van der Waals surface area (Å²) in [4.78, 5) is 27.0. The summed E-state index contributed by atoms with van der Waals surface area (Å²) in [5.74, 6) is -0.146. The summed E-state index contributed by atoms with van der Waals surface area (Å²) in [6, 6.07) is 20.0. The van der Waals surface area contributed by atoms with E-state index in [9.17, 15) is 9.59 Å². The molecule has 2 unspecified atom stereocenters. The van der Waals surface area contributed by atoms with Gasteiger partial charge in [-0.1, -0.05) is 67.2 Å². The fourth-order valence-corrected chi connectivity index (χ4v) is 3.56. The van der Waals surface area contributed by atoms with Crippen LogP contribution in [0.5, 0.6) is 0 Å². The van der Waals surface area contributed by atoms with Gasteiger partial charge >= 0.3 is 0 Å². The molecule has 0 aromatic heterocycles. The lowest BCUT2D eigenvalue weighted by Gasteiger charge is -2.36. The minimum Gasteiger partial charge on any atom is -0.338 e. The number of nitrogens with zero attached hydrogens (tertiary/aromatic N) is 1. The van der Waals surface area contributed by atoms with E-state index in [1.165, 1.54) is 6.08 Å². The van der Waals surface area contributed by atoms with E-state index in [0.29, 0.717) is 25.9 Å². The lowest BCUT2D eigenvalue weighted by Crippen LogP contribution is -2.50. The molecule has 2 aromatic carbocycles. The van der Waals surface area contributed by atoms with Crippen molar-refractivity contribution in [1.29, 1.82) is 0 Å². The largest absolute Gasteiger partial charge is 0.338 e. The molecule has 1 aliphatic rings. The fourth-order valence-electron chi connectivity index (χ4n) is 3.56. The zero-order chi connectivity index (χ0) is 17.6. The van der Waals surface area contributed by atoms with Crippen LogP contribution in [0.15, 0.2) is 73.3 Å². The summed E-state index contributed by atoms with van der Waals surface area (Å²) in [6.07, 6.45) is 2.69. The maximum Gasteiger partial charge on any atom is 0.245 e. The normalized spacial score (nSPS) is 20.3. The van der Waals surface area contributed by atoms with Gasteiger partial charge in [0.25, 0.3) is 0 Å². The molecule has 0 bridgehead atoms. The maximum absolute atomic E-state index is 13.0. The van der Waals surface area contributed by atoms with Crippen LogP contribution in [-0.4, -0.2) is 29.7 Å². The van der Waals surface area contributed by atoms with Crippen molar-refractivity contribution in [2.45, 2.75) is 12.8 Å². The van der Waals surface area contributed by atoms with Crippen molar-refractivity contribution in [1.82, 2.24) is 4.90 Å². The van der Waals surface area contributed by atoms with Crippen LogP contribution in [0.3, 0.4) is 0 Å². The number of Topliss-reactive ketones (excluding diaryl/α,β-unsaturated/α-hetero) is 1. The summed E-state index contributed by atoms with van der Waals surface area (Å²) in [7, 11) is 0. The number of hydrogen-bond donors (Lipinski definition) is 0. The first-order valence-electron chi connectivity index (χ1n) is 8.70. The van der Waals surface area contributed by atoms with Gasteiger partial charge in [0.05, 0.1) is 0 Å². The van der Waals surface area contributed by atoms with E-state index >= 15 is 0 Å². The standard InChI is InChI=1S/C22H23NO2/c1-2-21(24)23-15-19(13-17-9-5-3-6-10-17)22(25)20(16-23)14-18-11-7-4-8-12-18/h2-12,19-20H,1,13-16H2. The van der Waals surface area contributed by atoms with Gasteiger partial charge < -0.3 is 4.90 Å². The Labute approximate surface area is 149 Å². The molecule has 3 nitrogen and oxygen atoms in total. The van der Waals surface area contributed by atoms with E-state index in [4.69, 9.17) is 0 Å². The number of carbonyl (C=O) groups excluding carboxylic acids is 2. The van der Waals surface area contributed by atoms with Gasteiger partial charge in [-0.25, -0.2) is 0 Å². The number of benzene rings is 2. The molecule has 0 spiro atoms. The van der Waals surface area contributed by atoms with Crippen LogP contribution in [0.4, 0.5) is 0 Å². The van der Waals surface area contributed by atoms with Crippen molar-refractivity contribution in [2.24, 2.45) is 11.8 Å². The summed E-state index contributed by atoms with van der Waals surface area (Å²) in [6.45, 7) is 4.55. The highest BCUT2D eigenvalue weighted by Crippen LogP contribution is 2.25. The molecule has 0 radical (unpaired) electrons. The molecule has 0 N–H and O–H groups in total. The van der Waals surface area contributed by atoms with Crippen LogP contribution < -0.4 is 0 Å². The van der Waals surface area contributed by atoms with E-state index in [1.54, 1.807) is 4.90 Å². The van der Waals surface area contributed by atoms with E-state index in [2.05, 4.69) is 6.58 Å². The van der Waals surface area contributed by atoms with Crippen molar-refractivity contribution < 1.29 is 9.59 Å². The van der Waals surface area contributed by atoms with Crippen molar-refractivity contribution >= 4 is 11.7 Å². The van der Waals surface area contributed by atoms with Crippen molar-refractivity contribution in [3.63, 3.8) is 0 Å². The van der Waals surface area contributed by atoms with Gasteiger partial charge in [-0.15, -0.1) is 0 Å². The van der Waals surface area contributed by atoms with Crippen molar-refractivity contribution in [2.75, 3.05) is 13.1 Å². The smallest absolute Gasteiger partial charge is 0.245 e. The van der Waals surface area contributed by atoms with E-state index in [1.807, 2.05) is 60.7 Å². The highest BCUT2D eigenvalue weighted by molar-refractivity contribution is 5.91. The Balaban J connectivity index is 1.80. The van der Waals surface area contributed by atoms with Crippen molar-refractivity contribution in [3.8, 4) is 0 Å². The van der Waals surface area contributed by atoms with Gasteiger partial charge in [0.2, 0.25) is 5.91 Å². The quantitative estimate of drug-likeness (QED) is 0.787. The molecule has 1 aliphatic heterocycles. The average Bonchev–Trinajstić information content (AvgIpc) is 2.66. The molecule has 128 valence electrons. The monoisotopic (exact) mass is 333 g/mol. The molecule has 25 heavy (non-hydrogen) atoms. The number of ketones is 1. The summed E-state index contributed by atoms with van der Waals surface area (Å²) in [5.41, 5.74) is 2.26. The molecule has 1 amide bonds. The Kier molecular flexibility index (Phi) is 5.44. The van der Waals surface area contributed by atoms with Gasteiger partial charge in [-0.3, -0.25) is 9.59 Å². The average molecular weight is 333 g/mol. The maximum atomic E-state index is 13.0. The predicted octanol–water partition coefficient (Wildman–Crippen LogP) is 3.30. The Hall–Kier alpha value is -2.68. The molecule has 1 heterocycles. The van der Waals surface area contributed by atoms with Gasteiger partial charge in [0, 0.05) is 24.9 Å². The zero-order valence-corrected chi connectivity index (χ0v) is 14.3. The summed E-state index contributed by atoms with van der Waals surface area (Å²) in [5, 5.41) is 0. The molecule has 3 rings (SSSR count). The third kappa shape index (κ3) is 4.24. The molecule has 2 atom stereocenters. The van der Waals surface area contributed by atoms with Crippen LogP contribution in [0, 0.1) is 11.8 Å². The van der Waals surface area contributed by atoms with Crippen molar-refractivity contribution in [3.05, 3.63) is 84.4 Å². The number of likely N-dealkylation sites (tertiary alicyclic amines) is 1. The zero-order valence-electron chi connectivity index (χ0n) is 14.3. The number of carbonyl (C=O) groups is 2.